The van der Waals surface area contributed by atoms with Crippen molar-refractivity contribution in [3.05, 3.63) is 0 Å². The van der Waals surface area contributed by atoms with Gasteiger partial charge in [-0.05, 0) is 0 Å². The van der Waals surface area contributed by atoms with Crippen molar-refractivity contribution in [3.63, 3.8) is 0 Å². The minimum absolute atomic E-state index is 0. The van der Waals surface area contributed by atoms with Gasteiger partial charge in [-0.25, -0.2) is 8.42 Å². The van der Waals surface area contributed by atoms with Crippen molar-refractivity contribution in [1.82, 2.24) is 0 Å². The highest BCUT2D eigenvalue weighted by Crippen LogP contribution is 1.84. The molecule has 52 valence electrons. The topological polar surface area (TPSA) is 34.1 Å². The Morgan fingerprint density at radius 1 is 1.12 bits per heavy atom. The molecule has 0 aromatic carbocycles. The summed E-state index contributed by atoms with van der Waals surface area (Å²) in [5.74, 6) is 0.535. The van der Waals surface area contributed by atoms with E-state index in [1.165, 1.54) is 0 Å². The van der Waals surface area contributed by atoms with Crippen LogP contribution in [-0.4, -0.2) is 19.9 Å². The standard InChI is InChI=1S/C4H10O2S.H2S/c1-3-7(5,6)4-2;/h3-4H2,1-2H3;1H2. The van der Waals surface area contributed by atoms with Crippen LogP contribution >= 0.6 is 13.5 Å². The maximum absolute atomic E-state index is 10.4. The summed E-state index contributed by atoms with van der Waals surface area (Å²) in [6.45, 7) is 3.30. The lowest BCUT2D eigenvalue weighted by Crippen LogP contribution is -2.04. The first kappa shape index (κ1) is 11.1. The molecule has 0 aliphatic heterocycles. The second-order valence-corrected chi connectivity index (χ2v) is 3.96. The van der Waals surface area contributed by atoms with Gasteiger partial charge in [0.25, 0.3) is 0 Å². The second-order valence-electron chi connectivity index (χ2n) is 1.32. The van der Waals surface area contributed by atoms with Crippen LogP contribution in [0.5, 0.6) is 0 Å². The molecule has 0 aliphatic rings. The molecule has 0 atom stereocenters. The smallest absolute Gasteiger partial charge is 0.149 e. The van der Waals surface area contributed by atoms with Crippen molar-refractivity contribution >= 4 is 23.3 Å². The molecule has 0 spiro atoms. The molecule has 0 bridgehead atoms. The van der Waals surface area contributed by atoms with Crippen molar-refractivity contribution in [1.29, 1.82) is 0 Å². The minimum Gasteiger partial charge on any atom is -0.229 e. The molecule has 0 aliphatic carbocycles. The number of sulfone groups is 1. The van der Waals surface area contributed by atoms with E-state index in [-0.39, 0.29) is 25.0 Å². The van der Waals surface area contributed by atoms with Crippen molar-refractivity contribution in [2.45, 2.75) is 13.8 Å². The molecule has 0 radical (unpaired) electrons. The van der Waals surface area contributed by atoms with Gasteiger partial charge in [0.05, 0.1) is 0 Å². The molecular formula is C4H12O2S2. The first-order chi connectivity index (χ1) is 3.12. The molecule has 4 heteroatoms. The Morgan fingerprint density at radius 3 is 1.38 bits per heavy atom. The summed E-state index contributed by atoms with van der Waals surface area (Å²) in [4.78, 5) is 0. The van der Waals surface area contributed by atoms with E-state index in [0.717, 1.165) is 0 Å². The summed E-state index contributed by atoms with van der Waals surface area (Å²) < 4.78 is 20.7. The molecule has 0 fully saturated rings. The predicted molar refractivity (Wildman–Crippen MR) is 40.4 cm³/mol. The maximum atomic E-state index is 10.4. The second kappa shape index (κ2) is 4.21. The van der Waals surface area contributed by atoms with E-state index in [2.05, 4.69) is 0 Å². The van der Waals surface area contributed by atoms with Gasteiger partial charge in [0.1, 0.15) is 9.84 Å². The fourth-order valence-electron chi connectivity index (χ4n) is 0.204. The summed E-state index contributed by atoms with van der Waals surface area (Å²) >= 11 is 0. The van der Waals surface area contributed by atoms with Crippen LogP contribution in [0, 0.1) is 0 Å². The van der Waals surface area contributed by atoms with Gasteiger partial charge in [0, 0.05) is 11.5 Å². The Hall–Kier alpha value is 0.300. The van der Waals surface area contributed by atoms with E-state index in [4.69, 9.17) is 0 Å². The predicted octanol–water partition coefficient (Wildman–Crippen LogP) is 0.554. The van der Waals surface area contributed by atoms with Crippen molar-refractivity contribution < 1.29 is 8.42 Å². The van der Waals surface area contributed by atoms with Crippen LogP contribution in [0.4, 0.5) is 0 Å². The minimum atomic E-state index is -2.66. The molecule has 0 saturated carbocycles. The quantitative estimate of drug-likeness (QED) is 0.585. The Morgan fingerprint density at radius 2 is 1.38 bits per heavy atom. The van der Waals surface area contributed by atoms with Gasteiger partial charge in [0.2, 0.25) is 0 Å². The van der Waals surface area contributed by atoms with E-state index >= 15 is 0 Å². The monoisotopic (exact) mass is 156 g/mol. The molecular weight excluding hydrogens is 144 g/mol. The van der Waals surface area contributed by atoms with E-state index in [9.17, 15) is 8.42 Å². The summed E-state index contributed by atoms with van der Waals surface area (Å²) in [6, 6.07) is 0. The third-order valence-corrected chi connectivity index (χ3v) is 2.64. The fraction of sp³-hybridized carbons (Fsp3) is 1.00. The Labute approximate surface area is 57.7 Å². The normalized spacial score (nSPS) is 10.2. The fourth-order valence-corrected chi connectivity index (χ4v) is 0.612. The number of rotatable bonds is 2. The zero-order valence-corrected chi connectivity index (χ0v) is 6.96. The molecule has 2 nitrogen and oxygen atoms in total. The first-order valence-corrected chi connectivity index (χ1v) is 4.15. The van der Waals surface area contributed by atoms with Crippen molar-refractivity contribution in [2.75, 3.05) is 11.5 Å². The molecule has 0 aromatic heterocycles. The lowest BCUT2D eigenvalue weighted by atomic mass is 11.0. The van der Waals surface area contributed by atoms with Gasteiger partial charge in [0.15, 0.2) is 0 Å². The summed E-state index contributed by atoms with van der Waals surface area (Å²) in [7, 11) is -2.66. The van der Waals surface area contributed by atoms with E-state index in [1.807, 2.05) is 0 Å². The molecule has 0 saturated heterocycles. The van der Waals surface area contributed by atoms with E-state index < -0.39 is 9.84 Å². The van der Waals surface area contributed by atoms with Gasteiger partial charge in [-0.15, -0.1) is 0 Å². The molecule has 0 unspecified atom stereocenters. The van der Waals surface area contributed by atoms with Gasteiger partial charge in [-0.3, -0.25) is 0 Å². The highest BCUT2D eigenvalue weighted by atomic mass is 32.2. The maximum Gasteiger partial charge on any atom is 0.149 e. The lowest BCUT2D eigenvalue weighted by molar-refractivity contribution is 0.598. The first-order valence-electron chi connectivity index (χ1n) is 2.32. The molecule has 0 heterocycles. The van der Waals surface area contributed by atoms with Crippen LogP contribution in [0.25, 0.3) is 0 Å². The largest absolute Gasteiger partial charge is 0.229 e. The zero-order chi connectivity index (χ0) is 5.91. The molecule has 8 heavy (non-hydrogen) atoms. The van der Waals surface area contributed by atoms with Crippen LogP contribution in [0.15, 0.2) is 0 Å². The van der Waals surface area contributed by atoms with Crippen molar-refractivity contribution in [2.24, 2.45) is 0 Å². The van der Waals surface area contributed by atoms with Gasteiger partial charge in [-0.1, -0.05) is 13.8 Å². The van der Waals surface area contributed by atoms with Gasteiger partial charge < -0.3 is 0 Å². The van der Waals surface area contributed by atoms with Crippen LogP contribution < -0.4 is 0 Å². The summed E-state index contributed by atoms with van der Waals surface area (Å²) in [6.07, 6.45) is 0. The number of hydrogen-bond acceptors (Lipinski definition) is 2. The van der Waals surface area contributed by atoms with Crippen LogP contribution in [0.3, 0.4) is 0 Å². The van der Waals surface area contributed by atoms with Crippen LogP contribution in [0.1, 0.15) is 13.8 Å². The lowest BCUT2D eigenvalue weighted by Gasteiger charge is -1.89. The average Bonchev–Trinajstić information content (AvgIpc) is 1.68. The zero-order valence-electron chi connectivity index (χ0n) is 5.14. The molecule has 0 rings (SSSR count). The van der Waals surface area contributed by atoms with E-state index in [0.29, 0.717) is 0 Å². The summed E-state index contributed by atoms with van der Waals surface area (Å²) in [5, 5.41) is 0. The van der Waals surface area contributed by atoms with Crippen molar-refractivity contribution in [3.8, 4) is 0 Å². The molecule has 0 aromatic rings. The third-order valence-electron chi connectivity index (χ3n) is 0.880. The Balaban J connectivity index is 0. The summed E-state index contributed by atoms with van der Waals surface area (Å²) in [5.41, 5.74) is 0. The number of hydrogen-bond donors (Lipinski definition) is 0. The third kappa shape index (κ3) is 4.46. The van der Waals surface area contributed by atoms with E-state index in [1.54, 1.807) is 13.8 Å². The van der Waals surface area contributed by atoms with Crippen LogP contribution in [-0.2, 0) is 9.84 Å². The SMILES string of the molecule is CCS(=O)(=O)CC.S. The molecule has 0 amide bonds. The Bertz CT molecular complexity index is 115. The van der Waals surface area contributed by atoms with Crippen LogP contribution in [0.2, 0.25) is 0 Å². The molecule has 0 N–H and O–H groups in total. The Kier molecular flexibility index (Phi) is 5.86. The highest BCUT2D eigenvalue weighted by molar-refractivity contribution is 7.91. The average molecular weight is 156 g/mol. The van der Waals surface area contributed by atoms with Gasteiger partial charge >= 0.3 is 0 Å². The van der Waals surface area contributed by atoms with Gasteiger partial charge in [-0.2, -0.15) is 13.5 Å². The highest BCUT2D eigenvalue weighted by Gasteiger charge is 1.99.